The van der Waals surface area contributed by atoms with Crippen molar-refractivity contribution in [2.24, 2.45) is 34.5 Å². The maximum absolute atomic E-state index is 12.9. The first kappa shape index (κ1) is 31.6. The second-order valence-corrected chi connectivity index (χ2v) is 14.8. The maximum Gasteiger partial charge on any atom is 0.508 e. The Morgan fingerprint density at radius 2 is 1.63 bits per heavy atom. The Labute approximate surface area is 255 Å². The quantitative estimate of drug-likeness (QED) is 0.242. The summed E-state index contributed by atoms with van der Waals surface area (Å²) in [7, 11) is -1.27. The highest BCUT2D eigenvalue weighted by atomic mass is 32.2. The van der Waals surface area contributed by atoms with Crippen LogP contribution in [0.3, 0.4) is 0 Å². The Hall–Kier alpha value is -2.85. The number of aryl methyl sites for hydroxylation is 1. The molecule has 0 saturated heterocycles. The molecular formula is C33H44O9S. The second kappa shape index (κ2) is 11.9. The average molecular weight is 617 g/mol. The fourth-order valence-corrected chi connectivity index (χ4v) is 9.67. The van der Waals surface area contributed by atoms with Gasteiger partial charge in [0, 0.05) is 18.3 Å². The molecule has 3 fully saturated rings. The van der Waals surface area contributed by atoms with E-state index in [0.717, 1.165) is 36.8 Å². The third-order valence-corrected chi connectivity index (χ3v) is 12.3. The van der Waals surface area contributed by atoms with Gasteiger partial charge in [0.1, 0.15) is 12.2 Å². The third-order valence-electron chi connectivity index (χ3n) is 11.0. The van der Waals surface area contributed by atoms with E-state index in [1.807, 2.05) is 6.92 Å². The zero-order valence-electron chi connectivity index (χ0n) is 26.0. The molecule has 0 spiro atoms. The summed E-state index contributed by atoms with van der Waals surface area (Å²) in [5, 5.41) is 0. The highest BCUT2D eigenvalue weighted by molar-refractivity contribution is 7.86. The average Bonchev–Trinajstić information content (AvgIpc) is 3.34. The van der Waals surface area contributed by atoms with Crippen molar-refractivity contribution in [1.29, 1.82) is 0 Å². The lowest BCUT2D eigenvalue weighted by atomic mass is 9.49. The summed E-state index contributed by atoms with van der Waals surface area (Å²) >= 11 is 0. The minimum Gasteiger partial charge on any atom is -0.438 e. The molecule has 8 atom stereocenters. The smallest absolute Gasteiger partial charge is 0.438 e. The van der Waals surface area contributed by atoms with Crippen LogP contribution < -0.4 is 0 Å². The van der Waals surface area contributed by atoms with Crippen molar-refractivity contribution in [3.8, 4) is 0 Å². The Kier molecular flexibility index (Phi) is 8.75. The highest BCUT2D eigenvalue weighted by Gasteiger charge is 2.60. The Bertz CT molecular complexity index is 1400. The fraction of sp³-hybridized carbons (Fsp3) is 0.636. The number of benzene rings is 1. The molecule has 0 aromatic heterocycles. The van der Waals surface area contributed by atoms with Crippen LogP contribution in [0, 0.1) is 41.4 Å². The van der Waals surface area contributed by atoms with Gasteiger partial charge in [0.25, 0.3) is 10.1 Å². The predicted octanol–water partition coefficient (Wildman–Crippen LogP) is 6.75. The number of fused-ring (bicyclic) bond motifs is 5. The molecule has 0 N–H and O–H groups in total. The summed E-state index contributed by atoms with van der Waals surface area (Å²) in [6.07, 6.45) is 6.62. The van der Waals surface area contributed by atoms with E-state index in [2.05, 4.69) is 32.9 Å². The molecule has 5 rings (SSSR count). The maximum atomic E-state index is 12.9. The van der Waals surface area contributed by atoms with Gasteiger partial charge in [0.2, 0.25) is 0 Å². The van der Waals surface area contributed by atoms with Gasteiger partial charge in [-0.1, -0.05) is 61.8 Å². The van der Waals surface area contributed by atoms with E-state index in [9.17, 15) is 18.0 Å². The first-order chi connectivity index (χ1) is 20.3. The van der Waals surface area contributed by atoms with Gasteiger partial charge in [0.05, 0.1) is 25.7 Å². The van der Waals surface area contributed by atoms with Crippen LogP contribution in [-0.2, 0) is 33.2 Å². The molecule has 4 aliphatic rings. The van der Waals surface area contributed by atoms with Crippen molar-refractivity contribution in [1.82, 2.24) is 0 Å². The summed E-state index contributed by atoms with van der Waals surface area (Å²) in [6.45, 7) is 8.68. The van der Waals surface area contributed by atoms with Crippen LogP contribution in [0.1, 0.15) is 64.9 Å². The molecule has 0 amide bonds. The lowest BCUT2D eigenvalue weighted by Gasteiger charge is -2.57. The van der Waals surface area contributed by atoms with Gasteiger partial charge in [-0.15, -0.1) is 0 Å². The minimum absolute atomic E-state index is 0.00959. The number of carbonyl (C=O) groups excluding carboxylic acids is 2. The number of ether oxygens (including phenoxy) is 4. The summed E-state index contributed by atoms with van der Waals surface area (Å²) in [5.41, 5.74) is 2.98. The van der Waals surface area contributed by atoms with Gasteiger partial charge < -0.3 is 18.9 Å². The zero-order valence-corrected chi connectivity index (χ0v) is 26.8. The molecule has 10 heteroatoms. The monoisotopic (exact) mass is 616 g/mol. The second-order valence-electron chi connectivity index (χ2n) is 13.2. The molecule has 1 aromatic rings. The number of hydrogen-bond acceptors (Lipinski definition) is 9. The van der Waals surface area contributed by atoms with Crippen molar-refractivity contribution < 1.29 is 41.1 Å². The molecule has 0 bridgehead atoms. The molecule has 4 aliphatic carbocycles. The van der Waals surface area contributed by atoms with Gasteiger partial charge in [-0.2, -0.15) is 8.42 Å². The van der Waals surface area contributed by atoms with E-state index < -0.39 is 40.1 Å². The van der Waals surface area contributed by atoms with Crippen LogP contribution in [0.25, 0.3) is 0 Å². The van der Waals surface area contributed by atoms with E-state index >= 15 is 0 Å². The predicted molar refractivity (Wildman–Crippen MR) is 159 cm³/mol. The van der Waals surface area contributed by atoms with Gasteiger partial charge >= 0.3 is 12.3 Å². The molecule has 0 unspecified atom stereocenters. The van der Waals surface area contributed by atoms with Gasteiger partial charge in [0.15, 0.2) is 0 Å². The molecule has 43 heavy (non-hydrogen) atoms. The van der Waals surface area contributed by atoms with Crippen LogP contribution in [-0.4, -0.2) is 53.8 Å². The Morgan fingerprint density at radius 3 is 2.30 bits per heavy atom. The number of hydrogen-bond donors (Lipinski definition) is 0. The van der Waals surface area contributed by atoms with E-state index in [1.54, 1.807) is 24.3 Å². The lowest BCUT2D eigenvalue weighted by Crippen LogP contribution is -2.54. The molecule has 1 aromatic carbocycles. The Morgan fingerprint density at radius 1 is 0.953 bits per heavy atom. The van der Waals surface area contributed by atoms with Crippen molar-refractivity contribution in [2.45, 2.75) is 83.3 Å². The largest absolute Gasteiger partial charge is 0.508 e. The number of carbonyl (C=O) groups is 2. The molecule has 3 saturated carbocycles. The first-order valence-corrected chi connectivity index (χ1v) is 16.6. The molecule has 236 valence electrons. The van der Waals surface area contributed by atoms with Crippen molar-refractivity contribution in [2.75, 3.05) is 20.8 Å². The number of rotatable bonds is 7. The van der Waals surface area contributed by atoms with E-state index in [0.29, 0.717) is 24.7 Å². The van der Waals surface area contributed by atoms with Gasteiger partial charge in [-0.25, -0.2) is 9.59 Å². The summed E-state index contributed by atoms with van der Waals surface area (Å²) in [5.74, 6) is 0.840. The molecule has 0 radical (unpaired) electrons. The topological polar surface area (TPSA) is 114 Å². The van der Waals surface area contributed by atoms with Crippen LogP contribution >= 0.6 is 0 Å². The van der Waals surface area contributed by atoms with Crippen LogP contribution in [0.4, 0.5) is 9.59 Å². The minimum atomic E-state index is -3.83. The molecule has 0 aliphatic heterocycles. The number of allylic oxidation sites excluding steroid dienone is 3. The Balaban J connectivity index is 1.36. The van der Waals surface area contributed by atoms with Crippen molar-refractivity contribution >= 4 is 22.4 Å². The lowest BCUT2D eigenvalue weighted by molar-refractivity contribution is -0.0832. The summed E-state index contributed by atoms with van der Waals surface area (Å²) < 4.78 is 52.4. The van der Waals surface area contributed by atoms with Crippen LogP contribution in [0.2, 0.25) is 0 Å². The molecule has 0 heterocycles. The van der Waals surface area contributed by atoms with Gasteiger partial charge in [-0.05, 0) is 73.8 Å². The standard InChI is InChI=1S/C33H44O9S/c1-20-7-10-24(11-8-20)43(36,37)40-19-21(2)26-13-14-27-25-12-9-22-17-23(41-30(34)38-5)18-29(42-31(35)39-6)33(22,4)28(25)15-16-32(26,27)3/h7-12,21,23,26-29H,13-19H2,1-6H3/t21-,23+,26+,27-,28-,29-,32+,33-/m0/s1. The first-order valence-electron chi connectivity index (χ1n) is 15.2. The van der Waals surface area contributed by atoms with Crippen molar-refractivity contribution in [3.63, 3.8) is 0 Å². The molecule has 9 nitrogen and oxygen atoms in total. The number of methoxy groups -OCH3 is 2. The highest BCUT2D eigenvalue weighted by Crippen LogP contribution is 2.66. The summed E-state index contributed by atoms with van der Waals surface area (Å²) in [6, 6.07) is 6.73. The van der Waals surface area contributed by atoms with Crippen molar-refractivity contribution in [3.05, 3.63) is 53.1 Å². The van der Waals surface area contributed by atoms with E-state index in [4.69, 9.17) is 23.1 Å². The fourth-order valence-electron chi connectivity index (χ4n) is 8.68. The van der Waals surface area contributed by atoms with E-state index in [1.165, 1.54) is 19.8 Å². The SMILES string of the molecule is COC(=O)O[C@@H]1CC2=CC=C3[C@@H]4CC[C@H]([C@@H](C)COS(=O)(=O)c5ccc(C)cc5)[C@@]4(C)CC[C@@H]3[C@@]2(C)[C@@H](OC(=O)OC)C1. The van der Waals surface area contributed by atoms with Gasteiger partial charge in [-0.3, -0.25) is 4.18 Å². The van der Waals surface area contributed by atoms with Crippen LogP contribution in [0.15, 0.2) is 52.5 Å². The van der Waals surface area contributed by atoms with E-state index in [-0.39, 0.29) is 28.8 Å². The zero-order chi connectivity index (χ0) is 31.2. The van der Waals surface area contributed by atoms with Crippen LogP contribution in [0.5, 0.6) is 0 Å². The molecular weight excluding hydrogens is 572 g/mol. The normalized spacial score (nSPS) is 34.0. The summed E-state index contributed by atoms with van der Waals surface area (Å²) in [4.78, 5) is 24.5. The third kappa shape index (κ3) is 5.72.